The van der Waals surface area contributed by atoms with Gasteiger partial charge in [0.15, 0.2) is 0 Å². The zero-order valence-electron chi connectivity index (χ0n) is 12.7. The van der Waals surface area contributed by atoms with E-state index in [0.717, 1.165) is 6.54 Å². The van der Waals surface area contributed by atoms with Crippen LogP contribution in [-0.4, -0.2) is 19.1 Å². The SMILES string of the molecule is CN1CC2(CCCC2)Nc2ccc(C(C)(C)C)cc21. The molecule has 1 fully saturated rings. The van der Waals surface area contributed by atoms with Gasteiger partial charge in [0.25, 0.3) is 0 Å². The van der Waals surface area contributed by atoms with Gasteiger partial charge in [0, 0.05) is 13.6 Å². The van der Waals surface area contributed by atoms with E-state index in [1.807, 2.05) is 0 Å². The normalized spacial score (nSPS) is 21.4. The molecule has 1 aromatic rings. The number of likely N-dealkylation sites (N-methyl/N-ethyl adjacent to an activating group) is 1. The molecule has 1 aliphatic heterocycles. The molecular formula is C17H26N2. The van der Waals surface area contributed by atoms with E-state index in [-0.39, 0.29) is 5.41 Å². The first-order chi connectivity index (χ1) is 8.90. The van der Waals surface area contributed by atoms with Crippen molar-refractivity contribution in [2.75, 3.05) is 23.8 Å². The molecule has 1 saturated carbocycles. The summed E-state index contributed by atoms with van der Waals surface area (Å²) in [7, 11) is 2.24. The van der Waals surface area contributed by atoms with E-state index in [1.165, 1.54) is 42.6 Å². The highest BCUT2D eigenvalue weighted by molar-refractivity contribution is 5.74. The summed E-state index contributed by atoms with van der Waals surface area (Å²) in [5.74, 6) is 0. The Hall–Kier alpha value is -1.18. The van der Waals surface area contributed by atoms with Crippen LogP contribution in [0.3, 0.4) is 0 Å². The highest BCUT2D eigenvalue weighted by atomic mass is 15.2. The van der Waals surface area contributed by atoms with Gasteiger partial charge in [-0.2, -0.15) is 0 Å². The van der Waals surface area contributed by atoms with Gasteiger partial charge >= 0.3 is 0 Å². The van der Waals surface area contributed by atoms with Gasteiger partial charge in [0.1, 0.15) is 0 Å². The van der Waals surface area contributed by atoms with Gasteiger partial charge in [-0.3, -0.25) is 0 Å². The number of nitrogens with zero attached hydrogens (tertiary/aromatic N) is 1. The maximum Gasteiger partial charge on any atom is 0.0603 e. The Morgan fingerprint density at radius 2 is 1.84 bits per heavy atom. The fourth-order valence-electron chi connectivity index (χ4n) is 3.62. The molecule has 1 N–H and O–H groups in total. The number of fused-ring (bicyclic) bond motifs is 1. The Kier molecular flexibility index (Phi) is 2.81. The second-order valence-corrected chi connectivity index (χ2v) is 7.45. The first kappa shape index (κ1) is 12.8. The van der Waals surface area contributed by atoms with E-state index < -0.39 is 0 Å². The monoisotopic (exact) mass is 258 g/mol. The third-order valence-corrected chi connectivity index (χ3v) is 4.78. The van der Waals surface area contributed by atoms with Crippen LogP contribution in [0.25, 0.3) is 0 Å². The minimum Gasteiger partial charge on any atom is -0.376 e. The standard InChI is InChI=1S/C17H26N2/c1-16(2,3)13-7-8-14-15(11-13)19(4)12-17(18-14)9-5-6-10-17/h7-8,11,18H,5-6,9-10,12H2,1-4H3. The van der Waals surface area contributed by atoms with Crippen molar-refractivity contribution in [1.29, 1.82) is 0 Å². The number of rotatable bonds is 0. The van der Waals surface area contributed by atoms with E-state index in [9.17, 15) is 0 Å². The van der Waals surface area contributed by atoms with Crippen LogP contribution >= 0.6 is 0 Å². The van der Waals surface area contributed by atoms with E-state index in [0.29, 0.717) is 5.54 Å². The van der Waals surface area contributed by atoms with Crippen molar-refractivity contribution >= 4 is 11.4 Å². The maximum absolute atomic E-state index is 3.84. The van der Waals surface area contributed by atoms with E-state index in [4.69, 9.17) is 0 Å². The predicted octanol–water partition coefficient (Wildman–Crippen LogP) is 4.16. The van der Waals surface area contributed by atoms with E-state index in [2.05, 4.69) is 56.2 Å². The van der Waals surface area contributed by atoms with Crippen LogP contribution in [0.2, 0.25) is 0 Å². The molecule has 1 heterocycles. The van der Waals surface area contributed by atoms with Crippen LogP contribution in [0, 0.1) is 0 Å². The minimum absolute atomic E-state index is 0.221. The molecule has 0 atom stereocenters. The first-order valence-corrected chi connectivity index (χ1v) is 7.54. The van der Waals surface area contributed by atoms with Gasteiger partial charge in [-0.05, 0) is 36.0 Å². The predicted molar refractivity (Wildman–Crippen MR) is 83.2 cm³/mol. The number of hydrogen-bond donors (Lipinski definition) is 1. The lowest BCUT2D eigenvalue weighted by atomic mass is 9.85. The summed E-state index contributed by atoms with van der Waals surface area (Å²) in [5.41, 5.74) is 4.67. The third-order valence-electron chi connectivity index (χ3n) is 4.78. The Labute approximate surface area is 117 Å². The van der Waals surface area contributed by atoms with Gasteiger partial charge < -0.3 is 10.2 Å². The average molecular weight is 258 g/mol. The molecule has 19 heavy (non-hydrogen) atoms. The van der Waals surface area contributed by atoms with Crippen molar-refractivity contribution in [2.24, 2.45) is 0 Å². The second-order valence-electron chi connectivity index (χ2n) is 7.45. The van der Waals surface area contributed by atoms with Crippen molar-refractivity contribution in [3.05, 3.63) is 23.8 Å². The summed E-state index contributed by atoms with van der Waals surface area (Å²) in [4.78, 5) is 2.45. The van der Waals surface area contributed by atoms with Crippen LogP contribution in [-0.2, 0) is 5.41 Å². The molecule has 3 rings (SSSR count). The molecule has 1 spiro atoms. The average Bonchev–Trinajstić information content (AvgIpc) is 2.75. The molecule has 0 saturated heterocycles. The molecule has 2 heteroatoms. The van der Waals surface area contributed by atoms with Crippen LogP contribution in [0.5, 0.6) is 0 Å². The molecule has 2 nitrogen and oxygen atoms in total. The lowest BCUT2D eigenvalue weighted by molar-refractivity contribution is 0.472. The lowest BCUT2D eigenvalue weighted by Gasteiger charge is -2.43. The van der Waals surface area contributed by atoms with E-state index >= 15 is 0 Å². The van der Waals surface area contributed by atoms with Crippen molar-refractivity contribution in [1.82, 2.24) is 0 Å². The number of benzene rings is 1. The smallest absolute Gasteiger partial charge is 0.0603 e. The Balaban J connectivity index is 1.97. The van der Waals surface area contributed by atoms with Crippen LogP contribution < -0.4 is 10.2 Å². The highest BCUT2D eigenvalue weighted by Crippen LogP contribution is 2.42. The zero-order chi connectivity index (χ0) is 13.7. The molecule has 1 aromatic carbocycles. The van der Waals surface area contributed by atoms with Gasteiger partial charge in [-0.15, -0.1) is 0 Å². The number of hydrogen-bond acceptors (Lipinski definition) is 2. The maximum atomic E-state index is 3.84. The lowest BCUT2D eigenvalue weighted by Crippen LogP contribution is -2.49. The van der Waals surface area contributed by atoms with Crippen molar-refractivity contribution in [3.63, 3.8) is 0 Å². The molecule has 104 valence electrons. The topological polar surface area (TPSA) is 15.3 Å². The highest BCUT2D eigenvalue weighted by Gasteiger charge is 2.38. The molecule has 0 aromatic heterocycles. The van der Waals surface area contributed by atoms with Crippen molar-refractivity contribution < 1.29 is 0 Å². The van der Waals surface area contributed by atoms with Crippen molar-refractivity contribution in [3.8, 4) is 0 Å². The molecule has 0 unspecified atom stereocenters. The Morgan fingerprint density at radius 3 is 2.47 bits per heavy atom. The molecule has 0 amide bonds. The molecular weight excluding hydrogens is 232 g/mol. The Bertz CT molecular complexity index is 479. The third kappa shape index (κ3) is 2.22. The summed E-state index contributed by atoms with van der Waals surface area (Å²) < 4.78 is 0. The molecule has 2 aliphatic rings. The summed E-state index contributed by atoms with van der Waals surface area (Å²) in [6.07, 6.45) is 5.38. The summed E-state index contributed by atoms with van der Waals surface area (Å²) in [6, 6.07) is 6.93. The number of nitrogens with one attached hydrogen (secondary N) is 1. The Morgan fingerprint density at radius 1 is 1.16 bits per heavy atom. The van der Waals surface area contributed by atoms with Crippen LogP contribution in [0.4, 0.5) is 11.4 Å². The summed E-state index contributed by atoms with van der Waals surface area (Å²) in [6.45, 7) is 7.99. The fourth-order valence-corrected chi connectivity index (χ4v) is 3.62. The fraction of sp³-hybridized carbons (Fsp3) is 0.647. The van der Waals surface area contributed by atoms with E-state index in [1.54, 1.807) is 0 Å². The largest absolute Gasteiger partial charge is 0.376 e. The summed E-state index contributed by atoms with van der Waals surface area (Å²) in [5, 5.41) is 3.84. The van der Waals surface area contributed by atoms with Crippen LogP contribution in [0.1, 0.15) is 52.0 Å². The zero-order valence-corrected chi connectivity index (χ0v) is 12.7. The second kappa shape index (κ2) is 4.16. The molecule has 1 aliphatic carbocycles. The first-order valence-electron chi connectivity index (χ1n) is 7.54. The van der Waals surface area contributed by atoms with Gasteiger partial charge in [0.05, 0.1) is 16.9 Å². The molecule has 0 radical (unpaired) electrons. The molecule has 0 bridgehead atoms. The van der Waals surface area contributed by atoms with Crippen molar-refractivity contribution in [2.45, 2.75) is 57.4 Å². The van der Waals surface area contributed by atoms with Gasteiger partial charge in [-0.1, -0.05) is 39.7 Å². The number of anilines is 2. The van der Waals surface area contributed by atoms with Crippen LogP contribution in [0.15, 0.2) is 18.2 Å². The van der Waals surface area contributed by atoms with Gasteiger partial charge in [-0.25, -0.2) is 0 Å². The minimum atomic E-state index is 0.221. The van der Waals surface area contributed by atoms with Gasteiger partial charge in [0.2, 0.25) is 0 Å². The quantitative estimate of drug-likeness (QED) is 0.751. The summed E-state index contributed by atoms with van der Waals surface area (Å²) >= 11 is 0.